The van der Waals surface area contributed by atoms with Gasteiger partial charge in [0.1, 0.15) is 6.26 Å². The Morgan fingerprint density at radius 1 is 1.47 bits per heavy atom. The lowest BCUT2D eigenvalue weighted by molar-refractivity contribution is 0.0946. The molecule has 1 aromatic heterocycles. The average Bonchev–Trinajstić information content (AvgIpc) is 2.87. The topological polar surface area (TPSA) is 81.2 Å². The minimum absolute atomic E-state index is 0.251. The van der Waals surface area contributed by atoms with Crippen LogP contribution in [0.25, 0.3) is 0 Å². The number of benzene rings is 1. The third kappa shape index (κ3) is 3.20. The number of nitrogens with one attached hydrogen (secondary N) is 1. The van der Waals surface area contributed by atoms with Crippen molar-refractivity contribution >= 4 is 5.91 Å². The first-order valence-electron chi connectivity index (χ1n) is 6.11. The van der Waals surface area contributed by atoms with E-state index < -0.39 is 0 Å². The number of aryl methyl sites for hydroxylation is 1. The molecule has 1 atom stereocenters. The molecular weight excluding hydrogens is 242 g/mol. The van der Waals surface area contributed by atoms with Crippen molar-refractivity contribution in [3.8, 4) is 0 Å². The molecule has 2 aromatic rings. The largest absolute Gasteiger partial charge is 0.446 e. The van der Waals surface area contributed by atoms with Gasteiger partial charge in [0.05, 0.1) is 6.04 Å². The summed E-state index contributed by atoms with van der Waals surface area (Å²) < 4.78 is 5.13. The van der Waals surface area contributed by atoms with Gasteiger partial charge in [-0.15, -0.1) is 0 Å². The maximum absolute atomic E-state index is 11.9. The van der Waals surface area contributed by atoms with E-state index in [9.17, 15) is 4.79 Å². The molecule has 0 aliphatic carbocycles. The number of oxazole rings is 1. The summed E-state index contributed by atoms with van der Waals surface area (Å²) in [6.45, 7) is 4.22. The Kier molecular flexibility index (Phi) is 3.97. The molecule has 5 nitrogen and oxygen atoms in total. The van der Waals surface area contributed by atoms with Crippen molar-refractivity contribution in [3.05, 3.63) is 53.2 Å². The van der Waals surface area contributed by atoms with Gasteiger partial charge in [-0.25, -0.2) is 4.98 Å². The summed E-state index contributed by atoms with van der Waals surface area (Å²) in [6, 6.07) is 7.57. The van der Waals surface area contributed by atoms with Gasteiger partial charge in [-0.05, 0) is 25.0 Å². The third-order valence-electron chi connectivity index (χ3n) is 2.84. The van der Waals surface area contributed by atoms with E-state index in [1.54, 1.807) is 6.92 Å². The van der Waals surface area contributed by atoms with Crippen molar-refractivity contribution in [2.24, 2.45) is 5.73 Å². The molecule has 1 heterocycles. The van der Waals surface area contributed by atoms with Gasteiger partial charge in [-0.1, -0.05) is 24.3 Å². The SMILES string of the molecule is Cc1ccccc1CNC(=O)c1coc(C(C)N)n1. The van der Waals surface area contributed by atoms with Crippen LogP contribution in [0.15, 0.2) is 34.9 Å². The van der Waals surface area contributed by atoms with Crippen LogP contribution in [-0.4, -0.2) is 10.9 Å². The summed E-state index contributed by atoms with van der Waals surface area (Å²) in [6.07, 6.45) is 1.33. The maximum atomic E-state index is 11.9. The molecular formula is C14H17N3O2. The normalized spacial score (nSPS) is 12.2. The van der Waals surface area contributed by atoms with Crippen LogP contribution in [0.3, 0.4) is 0 Å². The monoisotopic (exact) mass is 259 g/mol. The molecule has 0 fully saturated rings. The Bertz CT molecular complexity index is 576. The molecule has 100 valence electrons. The molecule has 19 heavy (non-hydrogen) atoms. The minimum atomic E-state index is -0.321. The first-order chi connectivity index (χ1) is 9.08. The molecule has 2 rings (SSSR count). The van der Waals surface area contributed by atoms with Crippen LogP contribution >= 0.6 is 0 Å². The Hall–Kier alpha value is -2.14. The van der Waals surface area contributed by atoms with Gasteiger partial charge in [-0.2, -0.15) is 0 Å². The fraction of sp³-hybridized carbons (Fsp3) is 0.286. The molecule has 5 heteroatoms. The molecule has 1 amide bonds. The smallest absolute Gasteiger partial charge is 0.273 e. The van der Waals surface area contributed by atoms with Crippen molar-refractivity contribution in [2.45, 2.75) is 26.4 Å². The van der Waals surface area contributed by atoms with E-state index in [0.29, 0.717) is 12.4 Å². The molecule has 0 bridgehead atoms. The van der Waals surface area contributed by atoms with E-state index in [1.807, 2.05) is 31.2 Å². The van der Waals surface area contributed by atoms with Gasteiger partial charge in [0, 0.05) is 6.54 Å². The zero-order valence-electron chi connectivity index (χ0n) is 11.0. The van der Waals surface area contributed by atoms with E-state index in [4.69, 9.17) is 10.2 Å². The van der Waals surface area contributed by atoms with Crippen molar-refractivity contribution < 1.29 is 9.21 Å². The second-order valence-corrected chi connectivity index (χ2v) is 4.47. The lowest BCUT2D eigenvalue weighted by Gasteiger charge is -2.06. The van der Waals surface area contributed by atoms with E-state index in [-0.39, 0.29) is 17.6 Å². The summed E-state index contributed by atoms with van der Waals surface area (Å²) in [5.41, 5.74) is 8.09. The molecule has 0 aliphatic rings. The van der Waals surface area contributed by atoms with Gasteiger partial charge in [0.15, 0.2) is 5.69 Å². The van der Waals surface area contributed by atoms with Crippen molar-refractivity contribution in [1.29, 1.82) is 0 Å². The standard InChI is InChI=1S/C14H17N3O2/c1-9-5-3-4-6-11(9)7-16-13(18)12-8-19-14(17-12)10(2)15/h3-6,8,10H,7,15H2,1-2H3,(H,16,18). The lowest BCUT2D eigenvalue weighted by Crippen LogP contribution is -2.23. The Balaban J connectivity index is 1.99. The van der Waals surface area contributed by atoms with Crippen LogP contribution in [-0.2, 0) is 6.54 Å². The number of nitrogens with zero attached hydrogens (tertiary/aromatic N) is 1. The number of rotatable bonds is 4. The second kappa shape index (κ2) is 5.67. The number of hydrogen-bond acceptors (Lipinski definition) is 4. The predicted molar refractivity (Wildman–Crippen MR) is 71.5 cm³/mol. The van der Waals surface area contributed by atoms with Gasteiger partial charge in [0.2, 0.25) is 5.89 Å². The zero-order chi connectivity index (χ0) is 13.8. The summed E-state index contributed by atoms with van der Waals surface area (Å²) >= 11 is 0. The number of amides is 1. The molecule has 1 aromatic carbocycles. The number of aromatic nitrogens is 1. The lowest BCUT2D eigenvalue weighted by atomic mass is 10.1. The van der Waals surface area contributed by atoms with Gasteiger partial charge in [0.25, 0.3) is 5.91 Å². The summed E-state index contributed by atoms with van der Waals surface area (Å²) in [4.78, 5) is 15.9. The van der Waals surface area contributed by atoms with E-state index in [1.165, 1.54) is 6.26 Å². The van der Waals surface area contributed by atoms with Crippen LogP contribution in [0.2, 0.25) is 0 Å². The van der Waals surface area contributed by atoms with E-state index >= 15 is 0 Å². The highest BCUT2D eigenvalue weighted by molar-refractivity contribution is 5.91. The number of nitrogens with two attached hydrogens (primary N) is 1. The predicted octanol–water partition coefficient (Wildman–Crippen LogP) is 1.93. The molecule has 3 N–H and O–H groups in total. The molecule has 0 spiro atoms. The molecule has 0 aliphatic heterocycles. The summed E-state index contributed by atoms with van der Waals surface area (Å²) in [7, 11) is 0. The number of carbonyl (C=O) groups is 1. The van der Waals surface area contributed by atoms with Crippen molar-refractivity contribution in [1.82, 2.24) is 10.3 Å². The van der Waals surface area contributed by atoms with Crippen LogP contribution in [0.4, 0.5) is 0 Å². The maximum Gasteiger partial charge on any atom is 0.273 e. The molecule has 0 radical (unpaired) electrons. The summed E-state index contributed by atoms with van der Waals surface area (Å²) in [5, 5.41) is 2.81. The van der Waals surface area contributed by atoms with Crippen LogP contribution in [0, 0.1) is 6.92 Å². The first kappa shape index (κ1) is 13.3. The van der Waals surface area contributed by atoms with Crippen LogP contribution in [0.5, 0.6) is 0 Å². The Labute approximate surface area is 111 Å². The second-order valence-electron chi connectivity index (χ2n) is 4.47. The van der Waals surface area contributed by atoms with Gasteiger partial charge in [-0.3, -0.25) is 4.79 Å². The summed E-state index contributed by atoms with van der Waals surface area (Å²) in [5.74, 6) is 0.0972. The number of carbonyl (C=O) groups excluding carboxylic acids is 1. The quantitative estimate of drug-likeness (QED) is 0.879. The Morgan fingerprint density at radius 2 is 2.21 bits per heavy atom. The first-order valence-corrected chi connectivity index (χ1v) is 6.11. The van der Waals surface area contributed by atoms with Crippen LogP contribution in [0.1, 0.15) is 40.5 Å². The highest BCUT2D eigenvalue weighted by atomic mass is 16.3. The third-order valence-corrected chi connectivity index (χ3v) is 2.84. The van der Waals surface area contributed by atoms with E-state index in [0.717, 1.165) is 11.1 Å². The zero-order valence-corrected chi connectivity index (χ0v) is 11.0. The molecule has 1 unspecified atom stereocenters. The van der Waals surface area contributed by atoms with Gasteiger partial charge < -0.3 is 15.5 Å². The van der Waals surface area contributed by atoms with Crippen molar-refractivity contribution in [3.63, 3.8) is 0 Å². The minimum Gasteiger partial charge on any atom is -0.446 e. The highest BCUT2D eigenvalue weighted by Gasteiger charge is 2.14. The fourth-order valence-electron chi connectivity index (χ4n) is 1.68. The fourth-order valence-corrected chi connectivity index (χ4v) is 1.68. The average molecular weight is 259 g/mol. The molecule has 0 saturated heterocycles. The van der Waals surface area contributed by atoms with Gasteiger partial charge >= 0.3 is 0 Å². The van der Waals surface area contributed by atoms with Crippen molar-refractivity contribution in [2.75, 3.05) is 0 Å². The Morgan fingerprint density at radius 3 is 2.84 bits per heavy atom. The highest BCUT2D eigenvalue weighted by Crippen LogP contribution is 2.10. The number of hydrogen-bond donors (Lipinski definition) is 2. The van der Waals surface area contributed by atoms with Crippen LogP contribution < -0.4 is 11.1 Å². The van der Waals surface area contributed by atoms with E-state index in [2.05, 4.69) is 10.3 Å². The molecule has 0 saturated carbocycles.